The molecule has 0 bridgehead atoms. The van der Waals surface area contributed by atoms with E-state index in [-0.39, 0.29) is 16.7 Å². The van der Waals surface area contributed by atoms with E-state index in [0.29, 0.717) is 30.1 Å². The molecule has 0 amide bonds. The number of thiophene rings is 1. The van der Waals surface area contributed by atoms with Crippen LogP contribution in [-0.2, 0) is 25.6 Å². The number of aromatic nitrogens is 4. The minimum atomic E-state index is -0.306. The Kier molecular flexibility index (Phi) is 4.99. The standard InChI is InChI=1S/C20H26N4O2S/c1-7-23-17-16(18(25)24(8-2)19(23)26)22(6)15(21-17)12-10-13-9-11-14(27-13)20(3,4)5/h9-12H,7-8H2,1-6H3/b12-10+. The van der Waals surface area contributed by atoms with Gasteiger partial charge in [-0.05, 0) is 43.5 Å². The zero-order valence-electron chi connectivity index (χ0n) is 16.7. The van der Waals surface area contributed by atoms with Crippen LogP contribution in [0.4, 0.5) is 0 Å². The Hall–Kier alpha value is -2.41. The summed E-state index contributed by atoms with van der Waals surface area (Å²) in [6, 6.07) is 4.24. The van der Waals surface area contributed by atoms with E-state index in [9.17, 15) is 9.59 Å². The van der Waals surface area contributed by atoms with Gasteiger partial charge in [-0.3, -0.25) is 13.9 Å². The van der Waals surface area contributed by atoms with Gasteiger partial charge in [0.25, 0.3) is 5.56 Å². The second-order valence-corrected chi connectivity index (χ2v) is 8.68. The van der Waals surface area contributed by atoms with E-state index < -0.39 is 0 Å². The maximum Gasteiger partial charge on any atom is 0.332 e. The van der Waals surface area contributed by atoms with Crippen LogP contribution in [0, 0.1) is 0 Å². The van der Waals surface area contributed by atoms with Crippen LogP contribution in [0.25, 0.3) is 23.3 Å². The average Bonchev–Trinajstić information content (AvgIpc) is 3.19. The summed E-state index contributed by atoms with van der Waals surface area (Å²) in [6.45, 7) is 11.1. The lowest BCUT2D eigenvalue weighted by Gasteiger charge is -2.15. The molecule has 0 unspecified atom stereocenters. The molecule has 0 saturated heterocycles. The molecule has 0 N–H and O–H groups in total. The predicted molar refractivity (Wildman–Crippen MR) is 113 cm³/mol. The van der Waals surface area contributed by atoms with Crippen molar-refractivity contribution in [2.75, 3.05) is 0 Å². The zero-order chi connectivity index (χ0) is 19.9. The van der Waals surface area contributed by atoms with Crippen LogP contribution in [0.3, 0.4) is 0 Å². The first-order chi connectivity index (χ1) is 12.7. The summed E-state index contributed by atoms with van der Waals surface area (Å²) in [4.78, 5) is 32.3. The van der Waals surface area contributed by atoms with Gasteiger partial charge in [-0.15, -0.1) is 11.3 Å². The third kappa shape index (κ3) is 3.32. The van der Waals surface area contributed by atoms with Gasteiger partial charge < -0.3 is 4.57 Å². The van der Waals surface area contributed by atoms with Gasteiger partial charge in [0.2, 0.25) is 0 Å². The van der Waals surface area contributed by atoms with Crippen molar-refractivity contribution >= 4 is 34.7 Å². The van der Waals surface area contributed by atoms with Gasteiger partial charge in [-0.2, -0.15) is 0 Å². The largest absolute Gasteiger partial charge is 0.332 e. The Morgan fingerprint density at radius 2 is 1.74 bits per heavy atom. The molecule has 0 aliphatic carbocycles. The first-order valence-corrected chi connectivity index (χ1v) is 9.99. The number of hydrogen-bond donors (Lipinski definition) is 0. The molecule has 0 spiro atoms. The van der Waals surface area contributed by atoms with Gasteiger partial charge in [-0.1, -0.05) is 20.8 Å². The van der Waals surface area contributed by atoms with E-state index in [1.807, 2.05) is 26.1 Å². The van der Waals surface area contributed by atoms with Crippen molar-refractivity contribution < 1.29 is 0 Å². The van der Waals surface area contributed by atoms with Crippen molar-refractivity contribution in [2.24, 2.45) is 7.05 Å². The molecule has 0 aliphatic rings. The van der Waals surface area contributed by atoms with Gasteiger partial charge in [0.05, 0.1) is 0 Å². The summed E-state index contributed by atoms with van der Waals surface area (Å²) in [5, 5.41) is 0. The van der Waals surface area contributed by atoms with Crippen LogP contribution in [0.2, 0.25) is 0 Å². The Bertz CT molecular complexity index is 1140. The minimum absolute atomic E-state index is 0.122. The van der Waals surface area contributed by atoms with E-state index in [2.05, 4.69) is 37.9 Å². The van der Waals surface area contributed by atoms with Crippen LogP contribution < -0.4 is 11.2 Å². The quantitative estimate of drug-likeness (QED) is 0.690. The first kappa shape index (κ1) is 19.4. The van der Waals surface area contributed by atoms with Crippen LogP contribution in [0.15, 0.2) is 21.7 Å². The number of aryl methyl sites for hydroxylation is 2. The predicted octanol–water partition coefficient (Wildman–Crippen LogP) is 3.47. The molecule has 0 aliphatic heterocycles. The van der Waals surface area contributed by atoms with Crippen LogP contribution in [-0.4, -0.2) is 18.7 Å². The lowest BCUT2D eigenvalue weighted by atomic mass is 9.95. The van der Waals surface area contributed by atoms with Gasteiger partial charge in [0.15, 0.2) is 11.2 Å². The molecule has 3 aromatic rings. The van der Waals surface area contributed by atoms with Crippen LogP contribution in [0.1, 0.15) is 50.2 Å². The fourth-order valence-electron chi connectivity index (χ4n) is 3.09. The molecule has 3 rings (SSSR count). The molecule has 7 heteroatoms. The monoisotopic (exact) mass is 386 g/mol. The van der Waals surface area contributed by atoms with Gasteiger partial charge in [0.1, 0.15) is 5.82 Å². The highest BCUT2D eigenvalue weighted by Gasteiger charge is 2.18. The molecule has 27 heavy (non-hydrogen) atoms. The normalized spacial score (nSPS) is 12.5. The summed E-state index contributed by atoms with van der Waals surface area (Å²) in [5.74, 6) is 0.656. The van der Waals surface area contributed by atoms with E-state index in [1.165, 1.54) is 9.44 Å². The third-order valence-corrected chi connectivity index (χ3v) is 6.15. The maximum absolute atomic E-state index is 12.7. The minimum Gasteiger partial charge on any atom is -0.322 e. The number of fused-ring (bicyclic) bond motifs is 1. The molecule has 3 heterocycles. The van der Waals surface area contributed by atoms with Crippen LogP contribution >= 0.6 is 11.3 Å². The maximum atomic E-state index is 12.7. The highest BCUT2D eigenvalue weighted by molar-refractivity contribution is 7.13. The Balaban J connectivity index is 2.12. The molecule has 0 fully saturated rings. The average molecular weight is 387 g/mol. The van der Waals surface area contributed by atoms with Crippen molar-refractivity contribution in [2.45, 2.75) is 53.1 Å². The smallest absolute Gasteiger partial charge is 0.322 e. The van der Waals surface area contributed by atoms with E-state index in [1.54, 1.807) is 27.4 Å². The van der Waals surface area contributed by atoms with Crippen molar-refractivity contribution in [3.8, 4) is 0 Å². The number of rotatable bonds is 4. The fourth-order valence-corrected chi connectivity index (χ4v) is 4.06. The summed E-state index contributed by atoms with van der Waals surface area (Å²) in [6.07, 6.45) is 3.91. The summed E-state index contributed by atoms with van der Waals surface area (Å²) >= 11 is 1.75. The molecule has 0 saturated carbocycles. The second-order valence-electron chi connectivity index (χ2n) is 7.56. The highest BCUT2D eigenvalue weighted by atomic mass is 32.1. The number of hydrogen-bond acceptors (Lipinski definition) is 4. The fraction of sp³-hybridized carbons (Fsp3) is 0.450. The van der Waals surface area contributed by atoms with Crippen molar-refractivity contribution in [1.29, 1.82) is 0 Å². The highest BCUT2D eigenvalue weighted by Crippen LogP contribution is 2.30. The van der Waals surface area contributed by atoms with E-state index in [0.717, 1.165) is 4.88 Å². The summed E-state index contributed by atoms with van der Waals surface area (Å²) in [7, 11) is 1.82. The SMILES string of the molecule is CCn1c(=O)c2c(nc(/C=C/c3ccc(C(C)(C)C)s3)n2C)n(CC)c1=O. The van der Waals surface area contributed by atoms with Gasteiger partial charge in [0, 0.05) is 29.9 Å². The summed E-state index contributed by atoms with van der Waals surface area (Å²) in [5.41, 5.74) is 0.430. The molecular formula is C20H26N4O2S. The van der Waals surface area contributed by atoms with Gasteiger partial charge in [-0.25, -0.2) is 9.78 Å². The third-order valence-electron chi connectivity index (χ3n) is 4.67. The molecule has 0 atom stereocenters. The van der Waals surface area contributed by atoms with Gasteiger partial charge >= 0.3 is 5.69 Å². The van der Waals surface area contributed by atoms with Crippen molar-refractivity contribution in [3.05, 3.63) is 48.5 Å². The summed E-state index contributed by atoms with van der Waals surface area (Å²) < 4.78 is 4.58. The molecule has 3 aromatic heterocycles. The molecule has 6 nitrogen and oxygen atoms in total. The van der Waals surface area contributed by atoms with Crippen molar-refractivity contribution in [3.63, 3.8) is 0 Å². The number of nitrogens with zero attached hydrogens (tertiary/aromatic N) is 4. The molecule has 0 aromatic carbocycles. The lowest BCUT2D eigenvalue weighted by Crippen LogP contribution is -2.39. The number of imidazole rings is 1. The lowest BCUT2D eigenvalue weighted by molar-refractivity contribution is 0.604. The Labute approximate surface area is 162 Å². The first-order valence-electron chi connectivity index (χ1n) is 9.17. The Morgan fingerprint density at radius 3 is 2.30 bits per heavy atom. The topological polar surface area (TPSA) is 61.8 Å². The molecule has 144 valence electrons. The van der Waals surface area contributed by atoms with E-state index in [4.69, 9.17) is 0 Å². The molecular weight excluding hydrogens is 360 g/mol. The zero-order valence-corrected chi connectivity index (χ0v) is 17.6. The Morgan fingerprint density at radius 1 is 1.07 bits per heavy atom. The van der Waals surface area contributed by atoms with Crippen LogP contribution in [0.5, 0.6) is 0 Å². The van der Waals surface area contributed by atoms with Crippen molar-refractivity contribution in [1.82, 2.24) is 18.7 Å². The molecule has 0 radical (unpaired) electrons. The second kappa shape index (κ2) is 6.96. The van der Waals surface area contributed by atoms with E-state index >= 15 is 0 Å².